The van der Waals surface area contributed by atoms with Gasteiger partial charge in [-0.1, -0.05) is 29.4 Å². The lowest BCUT2D eigenvalue weighted by Crippen LogP contribution is -2.47. The van der Waals surface area contributed by atoms with Gasteiger partial charge in [-0.05, 0) is 55.7 Å². The molecule has 1 unspecified atom stereocenters. The molecule has 0 spiro atoms. The van der Waals surface area contributed by atoms with Crippen LogP contribution in [0.2, 0.25) is 5.02 Å². The zero-order valence-corrected chi connectivity index (χ0v) is 21.0. The van der Waals surface area contributed by atoms with Gasteiger partial charge in [-0.2, -0.15) is 0 Å². The molecule has 4 atom stereocenters. The van der Waals surface area contributed by atoms with Gasteiger partial charge in [0, 0.05) is 23.4 Å². The molecule has 12 heteroatoms. The van der Waals surface area contributed by atoms with Crippen LogP contribution in [0.1, 0.15) is 36.0 Å². The van der Waals surface area contributed by atoms with Crippen LogP contribution in [0, 0.1) is 29.3 Å². The second-order valence-corrected chi connectivity index (χ2v) is 11.8. The van der Waals surface area contributed by atoms with E-state index >= 15 is 0 Å². The Morgan fingerprint density at radius 2 is 1.81 bits per heavy atom. The summed E-state index contributed by atoms with van der Waals surface area (Å²) >= 11 is 6.25. The lowest BCUT2D eigenvalue weighted by atomic mass is 9.78. The Morgan fingerprint density at radius 1 is 1.19 bits per heavy atom. The van der Waals surface area contributed by atoms with Crippen molar-refractivity contribution < 1.29 is 36.3 Å². The van der Waals surface area contributed by atoms with Crippen molar-refractivity contribution in [2.45, 2.75) is 41.4 Å². The molecular weight excluding hydrogens is 533 g/mol. The highest BCUT2D eigenvalue weighted by Crippen LogP contribution is 2.51. The third kappa shape index (κ3) is 5.53. The Balaban J connectivity index is 1.57. The predicted octanol–water partition coefficient (Wildman–Crippen LogP) is 4.89. The van der Waals surface area contributed by atoms with E-state index in [9.17, 15) is 31.5 Å². The Kier molecular flexibility index (Phi) is 7.68. The molecule has 0 radical (unpaired) electrons. The van der Waals surface area contributed by atoms with Gasteiger partial charge in [-0.25, -0.2) is 21.6 Å². The van der Waals surface area contributed by atoms with Crippen molar-refractivity contribution in [3.05, 3.63) is 71.0 Å². The summed E-state index contributed by atoms with van der Waals surface area (Å²) in [5, 5.41) is 16.0. The average Bonchev–Trinajstić information content (AvgIpc) is 3.13. The largest absolute Gasteiger partial charge is 0.392 e. The Labute approximate surface area is 216 Å². The van der Waals surface area contributed by atoms with E-state index in [2.05, 4.69) is 17.1 Å². The summed E-state index contributed by atoms with van der Waals surface area (Å²) < 4.78 is 67.7. The molecule has 2 aliphatic carbocycles. The molecule has 0 saturated heterocycles. The van der Waals surface area contributed by atoms with Gasteiger partial charge in [0.1, 0.15) is 12.2 Å². The monoisotopic (exact) mass is 556 g/mol. The highest BCUT2D eigenvalue weighted by molar-refractivity contribution is 7.92. The standard InChI is InChI=1S/C25H24ClF3N2O5S/c1-2-7-36-30-13-25(33)11-15-3-4-16(12-25)23(15)37(34,35)21-8-14(5-6-18(21)26)24(32)31-17-9-19(27)22(29)20(28)10-17/h2,5-6,8-10,13,15-16,23,33H,1,3-4,7,11-12H2,(H,31,32)/b30-13+/t15-,16?,23+,25+/m0/s1. The number of nitrogens with one attached hydrogen (secondary N) is 1. The molecule has 4 rings (SSSR count). The minimum absolute atomic E-state index is 0.0879. The zero-order valence-electron chi connectivity index (χ0n) is 19.5. The number of benzene rings is 2. The number of amides is 1. The van der Waals surface area contributed by atoms with E-state index < -0.39 is 44.0 Å². The molecule has 0 aliphatic heterocycles. The van der Waals surface area contributed by atoms with Gasteiger partial charge in [-0.15, -0.1) is 0 Å². The fourth-order valence-electron chi connectivity index (χ4n) is 5.25. The van der Waals surface area contributed by atoms with E-state index in [0.717, 1.165) is 6.07 Å². The number of halogens is 4. The van der Waals surface area contributed by atoms with Crippen LogP contribution in [0.3, 0.4) is 0 Å². The maximum Gasteiger partial charge on any atom is 0.255 e. The molecule has 198 valence electrons. The maximum atomic E-state index is 13.7. The van der Waals surface area contributed by atoms with E-state index in [1.54, 1.807) is 0 Å². The van der Waals surface area contributed by atoms with E-state index in [0.29, 0.717) is 25.0 Å². The number of carbonyl (C=O) groups is 1. The third-order valence-electron chi connectivity index (χ3n) is 6.73. The van der Waals surface area contributed by atoms with Gasteiger partial charge in [0.25, 0.3) is 5.91 Å². The highest BCUT2D eigenvalue weighted by Gasteiger charge is 2.54. The fraction of sp³-hybridized carbons (Fsp3) is 0.360. The SMILES string of the molecule is C=CCO/N=C/[C@]1(O)CC2CC[C@@H](C1)[C@H]2S(=O)(=O)c1cc(C(=O)Nc2cc(F)c(F)c(F)c2)ccc1Cl. The molecule has 37 heavy (non-hydrogen) atoms. The minimum Gasteiger partial charge on any atom is -0.392 e. The number of anilines is 1. The van der Waals surface area contributed by atoms with Crippen LogP contribution in [-0.2, 0) is 14.7 Å². The molecule has 2 aromatic rings. The highest BCUT2D eigenvalue weighted by atomic mass is 35.5. The number of aliphatic hydroxyl groups is 1. The quantitative estimate of drug-likeness (QED) is 0.158. The van der Waals surface area contributed by atoms with Crippen LogP contribution in [-0.4, -0.2) is 43.1 Å². The summed E-state index contributed by atoms with van der Waals surface area (Å²) in [5.74, 6) is -6.27. The minimum atomic E-state index is -4.04. The summed E-state index contributed by atoms with van der Waals surface area (Å²) in [6.45, 7) is 3.68. The van der Waals surface area contributed by atoms with Crippen molar-refractivity contribution >= 4 is 39.2 Å². The van der Waals surface area contributed by atoms with Crippen LogP contribution in [0.5, 0.6) is 0 Å². The van der Waals surface area contributed by atoms with E-state index in [1.807, 2.05) is 0 Å². The van der Waals surface area contributed by atoms with Crippen LogP contribution >= 0.6 is 11.6 Å². The summed E-state index contributed by atoms with van der Waals surface area (Å²) in [6, 6.07) is 4.84. The summed E-state index contributed by atoms with van der Waals surface area (Å²) in [7, 11) is -4.04. The van der Waals surface area contributed by atoms with Crippen LogP contribution in [0.4, 0.5) is 18.9 Å². The Morgan fingerprint density at radius 3 is 2.41 bits per heavy atom. The molecule has 2 aromatic carbocycles. The molecule has 0 aromatic heterocycles. The number of carbonyl (C=O) groups excluding carboxylic acids is 1. The molecule has 2 fully saturated rings. The lowest BCUT2D eigenvalue weighted by molar-refractivity contribution is 0.0431. The number of hydrogen-bond acceptors (Lipinski definition) is 6. The van der Waals surface area contributed by atoms with Gasteiger partial charge in [-0.3, -0.25) is 4.79 Å². The van der Waals surface area contributed by atoms with Crippen molar-refractivity contribution in [2.75, 3.05) is 11.9 Å². The molecule has 2 saturated carbocycles. The van der Waals surface area contributed by atoms with Gasteiger partial charge in [0.2, 0.25) is 0 Å². The number of oxime groups is 1. The number of sulfone groups is 1. The molecular formula is C25H24ClF3N2O5S. The van der Waals surface area contributed by atoms with Crippen LogP contribution in [0.15, 0.2) is 53.0 Å². The van der Waals surface area contributed by atoms with E-state index in [1.165, 1.54) is 24.4 Å². The Bertz CT molecular complexity index is 1330. The molecule has 1 amide bonds. The topological polar surface area (TPSA) is 105 Å². The first-order valence-electron chi connectivity index (χ1n) is 11.4. The first-order valence-corrected chi connectivity index (χ1v) is 13.4. The van der Waals surface area contributed by atoms with E-state index in [4.69, 9.17) is 16.4 Å². The lowest BCUT2D eigenvalue weighted by Gasteiger charge is -2.38. The van der Waals surface area contributed by atoms with Crippen LogP contribution in [0.25, 0.3) is 0 Å². The number of hydrogen-bond donors (Lipinski definition) is 2. The third-order valence-corrected chi connectivity index (χ3v) is 9.61. The first kappa shape index (κ1) is 27.2. The number of nitrogens with zero attached hydrogens (tertiary/aromatic N) is 1. The number of rotatable bonds is 8. The van der Waals surface area contributed by atoms with Crippen LogP contribution < -0.4 is 5.32 Å². The zero-order chi connectivity index (χ0) is 27.0. The molecule has 2 N–H and O–H groups in total. The maximum absolute atomic E-state index is 13.7. The Hall–Kier alpha value is -2.89. The molecule has 2 aliphatic rings. The molecule has 2 bridgehead atoms. The summed E-state index contributed by atoms with van der Waals surface area (Å²) in [5.41, 5.74) is -1.78. The normalized spacial score (nSPS) is 25.3. The average molecular weight is 557 g/mol. The van der Waals surface area contributed by atoms with Gasteiger partial charge in [0.05, 0.1) is 21.4 Å². The van der Waals surface area contributed by atoms with E-state index in [-0.39, 0.29) is 52.5 Å². The van der Waals surface area contributed by atoms with Crippen molar-refractivity contribution in [3.8, 4) is 0 Å². The second-order valence-electron chi connectivity index (χ2n) is 9.29. The van der Waals surface area contributed by atoms with Crippen molar-refractivity contribution in [1.82, 2.24) is 0 Å². The van der Waals surface area contributed by atoms with Gasteiger partial charge >= 0.3 is 0 Å². The smallest absolute Gasteiger partial charge is 0.255 e. The predicted molar refractivity (Wildman–Crippen MR) is 132 cm³/mol. The first-order chi connectivity index (χ1) is 17.4. The van der Waals surface area contributed by atoms with Crippen molar-refractivity contribution in [3.63, 3.8) is 0 Å². The second kappa shape index (κ2) is 10.5. The summed E-state index contributed by atoms with van der Waals surface area (Å²) in [6.07, 6.45) is 4.28. The molecule has 7 nitrogen and oxygen atoms in total. The van der Waals surface area contributed by atoms with Crippen molar-refractivity contribution in [2.24, 2.45) is 17.0 Å². The van der Waals surface area contributed by atoms with Gasteiger partial charge in [0.15, 0.2) is 27.3 Å². The molecule has 0 heterocycles. The van der Waals surface area contributed by atoms with Crippen molar-refractivity contribution in [1.29, 1.82) is 0 Å². The van der Waals surface area contributed by atoms with Gasteiger partial charge < -0.3 is 15.3 Å². The number of fused-ring (bicyclic) bond motifs is 2. The fourth-order valence-corrected chi connectivity index (χ4v) is 8.10. The summed E-state index contributed by atoms with van der Waals surface area (Å²) in [4.78, 5) is 17.4.